The van der Waals surface area contributed by atoms with E-state index in [0.717, 1.165) is 0 Å². The number of aryl methyl sites for hydroxylation is 1. The van der Waals surface area contributed by atoms with E-state index in [1.165, 1.54) is 13.2 Å². The normalized spacial score (nSPS) is 12.3. The van der Waals surface area contributed by atoms with Crippen molar-refractivity contribution in [3.63, 3.8) is 0 Å². The summed E-state index contributed by atoms with van der Waals surface area (Å²) in [6.45, 7) is 3.57. The van der Waals surface area contributed by atoms with Crippen LogP contribution in [-0.2, 0) is 9.53 Å². The molecule has 15 heavy (non-hydrogen) atoms. The molecule has 0 aromatic heterocycles. The number of hydrogen-bond donors (Lipinski definition) is 0. The molecule has 0 saturated heterocycles. The Labute approximate surface area is 89.1 Å². The van der Waals surface area contributed by atoms with Crippen LogP contribution in [0.15, 0.2) is 18.2 Å². The first kappa shape index (κ1) is 11.7. The lowest BCUT2D eigenvalue weighted by Gasteiger charge is -2.13. The Morgan fingerprint density at radius 1 is 1.53 bits per heavy atom. The number of carbonyl (C=O) groups is 1. The van der Waals surface area contributed by atoms with E-state index in [2.05, 4.69) is 4.74 Å². The molecule has 0 fully saturated rings. The van der Waals surface area contributed by atoms with Gasteiger partial charge in [0.05, 0.1) is 13.0 Å². The van der Waals surface area contributed by atoms with Gasteiger partial charge in [0.2, 0.25) is 0 Å². The molecule has 2 nitrogen and oxygen atoms in total. The number of benzene rings is 1. The van der Waals surface area contributed by atoms with Gasteiger partial charge in [0, 0.05) is 0 Å². The molecule has 0 saturated carbocycles. The zero-order chi connectivity index (χ0) is 11.4. The lowest BCUT2D eigenvalue weighted by Crippen LogP contribution is -2.13. The van der Waals surface area contributed by atoms with Crippen LogP contribution < -0.4 is 0 Å². The zero-order valence-electron chi connectivity index (χ0n) is 9.21. The molecule has 3 heteroatoms. The highest BCUT2D eigenvalue weighted by molar-refractivity contribution is 5.77. The van der Waals surface area contributed by atoms with Crippen LogP contribution in [-0.4, -0.2) is 13.1 Å². The molecule has 0 N–H and O–H groups in total. The largest absolute Gasteiger partial charge is 0.469 e. The second kappa shape index (κ2) is 4.91. The van der Waals surface area contributed by atoms with Crippen LogP contribution in [0, 0.1) is 12.7 Å². The van der Waals surface area contributed by atoms with E-state index in [0.29, 0.717) is 17.5 Å². The van der Waals surface area contributed by atoms with Gasteiger partial charge in [0.1, 0.15) is 5.82 Å². The molecular formula is C12H15FO2. The maximum absolute atomic E-state index is 13.3. The van der Waals surface area contributed by atoms with Gasteiger partial charge in [-0.3, -0.25) is 4.79 Å². The fourth-order valence-corrected chi connectivity index (χ4v) is 1.51. The minimum absolute atomic E-state index is 0.283. The maximum Gasteiger partial charge on any atom is 0.313 e. The molecular weight excluding hydrogens is 195 g/mol. The summed E-state index contributed by atoms with van der Waals surface area (Å²) in [6, 6.07) is 4.85. The summed E-state index contributed by atoms with van der Waals surface area (Å²) in [4.78, 5) is 11.4. The smallest absolute Gasteiger partial charge is 0.313 e. The van der Waals surface area contributed by atoms with Gasteiger partial charge in [-0.05, 0) is 30.5 Å². The average Bonchev–Trinajstić information content (AvgIpc) is 2.24. The SMILES string of the molecule is CCC(C(=O)OC)c1ccc(C)c(F)c1. The highest BCUT2D eigenvalue weighted by Gasteiger charge is 2.19. The van der Waals surface area contributed by atoms with Crippen LogP contribution in [0.2, 0.25) is 0 Å². The lowest BCUT2D eigenvalue weighted by molar-refractivity contribution is -0.142. The Hall–Kier alpha value is -1.38. The van der Waals surface area contributed by atoms with Gasteiger partial charge >= 0.3 is 5.97 Å². The summed E-state index contributed by atoms with van der Waals surface area (Å²) >= 11 is 0. The first-order valence-electron chi connectivity index (χ1n) is 4.94. The molecule has 0 amide bonds. The van der Waals surface area contributed by atoms with E-state index < -0.39 is 0 Å². The number of esters is 1. The van der Waals surface area contributed by atoms with E-state index >= 15 is 0 Å². The second-order valence-electron chi connectivity index (χ2n) is 3.49. The van der Waals surface area contributed by atoms with Crippen molar-refractivity contribution in [1.82, 2.24) is 0 Å². The van der Waals surface area contributed by atoms with Crippen molar-refractivity contribution in [2.24, 2.45) is 0 Å². The number of rotatable bonds is 3. The molecule has 0 heterocycles. The van der Waals surface area contributed by atoms with Gasteiger partial charge in [-0.25, -0.2) is 4.39 Å². The molecule has 1 aromatic carbocycles. The molecule has 0 aliphatic carbocycles. The Morgan fingerprint density at radius 3 is 2.67 bits per heavy atom. The van der Waals surface area contributed by atoms with Crippen molar-refractivity contribution in [3.05, 3.63) is 35.1 Å². The van der Waals surface area contributed by atoms with E-state index in [1.54, 1.807) is 19.1 Å². The first-order valence-corrected chi connectivity index (χ1v) is 4.94. The van der Waals surface area contributed by atoms with Crippen LogP contribution in [0.1, 0.15) is 30.4 Å². The molecule has 82 valence electrons. The van der Waals surface area contributed by atoms with Crippen molar-refractivity contribution in [2.75, 3.05) is 7.11 Å². The molecule has 0 bridgehead atoms. The number of ether oxygens (including phenoxy) is 1. The van der Waals surface area contributed by atoms with Crippen LogP contribution >= 0.6 is 0 Å². The topological polar surface area (TPSA) is 26.3 Å². The van der Waals surface area contributed by atoms with Gasteiger partial charge in [0.15, 0.2) is 0 Å². The molecule has 1 rings (SSSR count). The second-order valence-corrected chi connectivity index (χ2v) is 3.49. The van der Waals surface area contributed by atoms with Gasteiger partial charge < -0.3 is 4.74 Å². The molecule has 0 spiro atoms. The van der Waals surface area contributed by atoms with Crippen LogP contribution in [0.4, 0.5) is 4.39 Å². The third kappa shape index (κ3) is 2.55. The number of methoxy groups -OCH3 is 1. The van der Waals surface area contributed by atoms with Gasteiger partial charge in [0.25, 0.3) is 0 Å². The summed E-state index contributed by atoms with van der Waals surface area (Å²) < 4.78 is 18.0. The Bertz CT molecular complexity index is 361. The summed E-state index contributed by atoms with van der Waals surface area (Å²) in [5.41, 5.74) is 1.26. The van der Waals surface area contributed by atoms with E-state index in [9.17, 15) is 9.18 Å². The quantitative estimate of drug-likeness (QED) is 0.717. The third-order valence-corrected chi connectivity index (χ3v) is 2.49. The van der Waals surface area contributed by atoms with Crippen LogP contribution in [0.25, 0.3) is 0 Å². The monoisotopic (exact) mass is 210 g/mol. The summed E-state index contributed by atoms with van der Waals surface area (Å²) in [7, 11) is 1.34. The molecule has 0 radical (unpaired) electrons. The van der Waals surface area contributed by atoms with Crippen LogP contribution in [0.5, 0.6) is 0 Å². The van der Waals surface area contributed by atoms with E-state index in [1.807, 2.05) is 6.92 Å². The molecule has 1 atom stereocenters. The van der Waals surface area contributed by atoms with E-state index in [4.69, 9.17) is 0 Å². The van der Waals surface area contributed by atoms with Gasteiger partial charge in [-0.15, -0.1) is 0 Å². The molecule has 0 aliphatic heterocycles. The standard InChI is InChI=1S/C12H15FO2/c1-4-10(12(14)15-3)9-6-5-8(2)11(13)7-9/h5-7,10H,4H2,1-3H3. The molecule has 1 unspecified atom stereocenters. The van der Waals surface area contributed by atoms with Gasteiger partial charge in [-0.2, -0.15) is 0 Å². The summed E-state index contributed by atoms with van der Waals surface area (Å²) in [5.74, 6) is -0.972. The van der Waals surface area contributed by atoms with Crippen LogP contribution in [0.3, 0.4) is 0 Å². The van der Waals surface area contributed by atoms with Crippen molar-refractivity contribution in [1.29, 1.82) is 0 Å². The summed E-state index contributed by atoms with van der Waals surface area (Å²) in [5, 5.41) is 0. The zero-order valence-corrected chi connectivity index (χ0v) is 9.21. The summed E-state index contributed by atoms with van der Waals surface area (Å²) in [6.07, 6.45) is 0.606. The number of halogens is 1. The van der Waals surface area contributed by atoms with Crippen molar-refractivity contribution >= 4 is 5.97 Å². The van der Waals surface area contributed by atoms with Crippen molar-refractivity contribution < 1.29 is 13.9 Å². The fourth-order valence-electron chi connectivity index (χ4n) is 1.51. The third-order valence-electron chi connectivity index (χ3n) is 2.49. The van der Waals surface area contributed by atoms with Gasteiger partial charge in [-0.1, -0.05) is 19.1 Å². The lowest BCUT2D eigenvalue weighted by atomic mass is 9.95. The molecule has 0 aliphatic rings. The Morgan fingerprint density at radius 2 is 2.20 bits per heavy atom. The predicted octanol–water partition coefficient (Wildman–Crippen LogP) is 2.80. The number of hydrogen-bond acceptors (Lipinski definition) is 2. The first-order chi connectivity index (χ1) is 7.10. The minimum atomic E-state index is -0.370. The van der Waals surface area contributed by atoms with Crippen molar-refractivity contribution in [2.45, 2.75) is 26.2 Å². The average molecular weight is 210 g/mol. The highest BCUT2D eigenvalue weighted by Crippen LogP contribution is 2.22. The van der Waals surface area contributed by atoms with E-state index in [-0.39, 0.29) is 17.7 Å². The highest BCUT2D eigenvalue weighted by atomic mass is 19.1. The maximum atomic E-state index is 13.3. The minimum Gasteiger partial charge on any atom is -0.469 e. The van der Waals surface area contributed by atoms with Crippen molar-refractivity contribution in [3.8, 4) is 0 Å². The number of carbonyl (C=O) groups excluding carboxylic acids is 1. The Kier molecular flexibility index (Phi) is 3.83. The Balaban J connectivity index is 3.02. The molecule has 1 aromatic rings. The fraction of sp³-hybridized carbons (Fsp3) is 0.417. The predicted molar refractivity (Wildman–Crippen MR) is 56.2 cm³/mol.